The fourth-order valence-corrected chi connectivity index (χ4v) is 4.76. The number of benzene rings is 1. The molecule has 2 aliphatic heterocycles. The third-order valence-electron chi connectivity index (χ3n) is 5.34. The lowest BCUT2D eigenvalue weighted by Gasteiger charge is -2.37. The Bertz CT molecular complexity index is 1040. The van der Waals surface area contributed by atoms with Crippen LogP contribution in [0.1, 0.15) is 46.2 Å². The van der Waals surface area contributed by atoms with E-state index in [-0.39, 0.29) is 5.91 Å². The molecule has 2 N–H and O–H groups in total. The van der Waals surface area contributed by atoms with Crippen molar-refractivity contribution in [2.75, 3.05) is 26.3 Å². The molecule has 1 aromatic carbocycles. The summed E-state index contributed by atoms with van der Waals surface area (Å²) < 4.78 is 11.5. The van der Waals surface area contributed by atoms with Gasteiger partial charge in [0.25, 0.3) is 5.91 Å². The summed E-state index contributed by atoms with van der Waals surface area (Å²) in [4.78, 5) is 22.1. The van der Waals surface area contributed by atoms with E-state index in [1.807, 2.05) is 52.8 Å². The number of amidine groups is 1. The Morgan fingerprint density at radius 2 is 1.88 bits per heavy atom. The highest BCUT2D eigenvalue weighted by molar-refractivity contribution is 8.17. The number of nitriles is 1. The molecule has 2 heterocycles. The van der Waals surface area contributed by atoms with Crippen molar-refractivity contribution in [3.05, 3.63) is 45.8 Å². The summed E-state index contributed by atoms with van der Waals surface area (Å²) >= 11 is 1.22. The number of thioether (sulfide) groups is 1. The second kappa shape index (κ2) is 10.0. The van der Waals surface area contributed by atoms with E-state index in [9.17, 15) is 10.1 Å². The summed E-state index contributed by atoms with van der Waals surface area (Å²) in [6.45, 7) is 11.7. The SMILES string of the molecule is CCOc1ccc([C@@H]2C(C(=O)N(CC)CC)=C(C)N=C3SC(C#N)=C(N)N32)cc1OCC. The van der Waals surface area contributed by atoms with Crippen LogP contribution in [0.15, 0.2) is 45.2 Å². The maximum atomic E-state index is 13.6. The molecule has 0 unspecified atom stereocenters. The van der Waals surface area contributed by atoms with Crippen LogP contribution in [0.4, 0.5) is 0 Å². The molecule has 0 saturated carbocycles. The third kappa shape index (κ3) is 4.15. The summed E-state index contributed by atoms with van der Waals surface area (Å²) in [5, 5.41) is 10.1. The second-order valence-electron chi connectivity index (χ2n) is 7.14. The predicted molar refractivity (Wildman–Crippen MR) is 126 cm³/mol. The van der Waals surface area contributed by atoms with Gasteiger partial charge < -0.3 is 20.1 Å². The van der Waals surface area contributed by atoms with E-state index in [1.165, 1.54) is 11.8 Å². The number of nitrogens with two attached hydrogens (primary N) is 1. The zero-order valence-corrected chi connectivity index (χ0v) is 20.0. The van der Waals surface area contributed by atoms with Gasteiger partial charge >= 0.3 is 0 Å². The summed E-state index contributed by atoms with van der Waals surface area (Å²) in [5.41, 5.74) is 8.33. The molecular formula is C23H29N5O3S. The highest BCUT2D eigenvalue weighted by atomic mass is 32.2. The van der Waals surface area contributed by atoms with Crippen LogP contribution in [0, 0.1) is 11.3 Å². The summed E-state index contributed by atoms with van der Waals surface area (Å²) in [6, 6.07) is 7.24. The van der Waals surface area contributed by atoms with Crippen molar-refractivity contribution in [1.29, 1.82) is 5.26 Å². The molecule has 9 heteroatoms. The van der Waals surface area contributed by atoms with Crippen LogP contribution in [0.25, 0.3) is 0 Å². The van der Waals surface area contributed by atoms with Crippen LogP contribution in [0.5, 0.6) is 11.5 Å². The Morgan fingerprint density at radius 1 is 1.22 bits per heavy atom. The number of carbonyl (C=O) groups excluding carboxylic acids is 1. The molecule has 0 fully saturated rings. The number of hydrogen-bond acceptors (Lipinski definition) is 8. The standard InChI is InChI=1S/C23H29N5O3S/c1-6-27(7-2)22(29)19-14(5)26-23-28(21(25)18(13-24)32-23)20(19)15-10-11-16(30-8-3)17(12-15)31-9-4/h10-12,20H,6-9,25H2,1-5H3/t20-/m1/s1. The molecule has 3 rings (SSSR count). The maximum Gasteiger partial charge on any atom is 0.254 e. The van der Waals surface area contributed by atoms with Crippen molar-refractivity contribution in [1.82, 2.24) is 9.80 Å². The number of rotatable bonds is 8. The molecular weight excluding hydrogens is 426 g/mol. The molecule has 32 heavy (non-hydrogen) atoms. The van der Waals surface area contributed by atoms with E-state index in [0.29, 0.717) is 65.0 Å². The average molecular weight is 456 g/mol. The molecule has 0 spiro atoms. The molecule has 1 aromatic rings. The van der Waals surface area contributed by atoms with Crippen LogP contribution in [-0.4, -0.2) is 47.2 Å². The van der Waals surface area contributed by atoms with E-state index in [0.717, 1.165) is 5.56 Å². The van der Waals surface area contributed by atoms with Gasteiger partial charge in [0, 0.05) is 13.1 Å². The first-order valence-corrected chi connectivity index (χ1v) is 11.6. The summed E-state index contributed by atoms with van der Waals surface area (Å²) in [6.07, 6.45) is 0. The minimum atomic E-state index is -0.538. The minimum absolute atomic E-state index is 0.102. The number of ether oxygens (including phenoxy) is 2. The van der Waals surface area contributed by atoms with Gasteiger partial charge in [0.05, 0.1) is 30.5 Å². The molecule has 0 saturated heterocycles. The van der Waals surface area contributed by atoms with Gasteiger partial charge in [0.1, 0.15) is 16.8 Å². The Kier molecular flexibility index (Phi) is 7.36. The maximum absolute atomic E-state index is 13.6. The third-order valence-corrected chi connectivity index (χ3v) is 6.32. The van der Waals surface area contributed by atoms with Crippen molar-refractivity contribution < 1.29 is 14.3 Å². The van der Waals surface area contributed by atoms with Crippen LogP contribution in [0.2, 0.25) is 0 Å². The van der Waals surface area contributed by atoms with Crippen molar-refractivity contribution in [2.24, 2.45) is 10.7 Å². The number of nitrogens with zero attached hydrogens (tertiary/aromatic N) is 4. The number of likely N-dealkylation sites (N-methyl/N-ethyl adjacent to an activating group) is 1. The summed E-state index contributed by atoms with van der Waals surface area (Å²) in [5.74, 6) is 1.43. The van der Waals surface area contributed by atoms with Crippen molar-refractivity contribution in [3.8, 4) is 17.6 Å². The molecule has 0 aromatic heterocycles. The average Bonchev–Trinajstić information content (AvgIpc) is 3.10. The first-order chi connectivity index (χ1) is 15.4. The van der Waals surface area contributed by atoms with Gasteiger partial charge in [-0.15, -0.1) is 0 Å². The van der Waals surface area contributed by atoms with Crippen molar-refractivity contribution in [3.63, 3.8) is 0 Å². The Balaban J connectivity index is 2.21. The van der Waals surface area contributed by atoms with E-state index in [1.54, 1.807) is 9.80 Å². The number of amides is 1. The molecule has 170 valence electrons. The van der Waals surface area contributed by atoms with Crippen molar-refractivity contribution >= 4 is 22.8 Å². The van der Waals surface area contributed by atoms with E-state index >= 15 is 0 Å². The molecule has 0 radical (unpaired) electrons. The lowest BCUT2D eigenvalue weighted by atomic mass is 9.93. The van der Waals surface area contributed by atoms with E-state index in [4.69, 9.17) is 15.2 Å². The van der Waals surface area contributed by atoms with Gasteiger partial charge in [-0.1, -0.05) is 6.07 Å². The predicted octanol–water partition coefficient (Wildman–Crippen LogP) is 3.74. The fourth-order valence-electron chi connectivity index (χ4n) is 3.85. The fraction of sp³-hybridized carbons (Fsp3) is 0.435. The number of aliphatic imine (C=N–C) groups is 1. The van der Waals surface area contributed by atoms with E-state index in [2.05, 4.69) is 11.1 Å². The Hall–Kier alpha value is -3.12. The lowest BCUT2D eigenvalue weighted by Crippen LogP contribution is -2.42. The normalized spacial score (nSPS) is 17.7. The first kappa shape index (κ1) is 23.5. The van der Waals surface area contributed by atoms with Crippen LogP contribution >= 0.6 is 11.8 Å². The second-order valence-corrected chi connectivity index (χ2v) is 8.12. The first-order valence-electron chi connectivity index (χ1n) is 10.8. The van der Waals surface area contributed by atoms with E-state index < -0.39 is 6.04 Å². The van der Waals surface area contributed by atoms with Gasteiger partial charge in [-0.05, 0) is 64.1 Å². The topological polar surface area (TPSA) is 104 Å². The van der Waals surface area contributed by atoms with Gasteiger partial charge in [-0.3, -0.25) is 9.69 Å². The molecule has 2 aliphatic rings. The molecule has 1 atom stereocenters. The van der Waals surface area contributed by atoms with Gasteiger partial charge in [-0.25, -0.2) is 4.99 Å². The van der Waals surface area contributed by atoms with Crippen LogP contribution < -0.4 is 15.2 Å². The number of allylic oxidation sites excluding steroid dienone is 2. The zero-order valence-electron chi connectivity index (χ0n) is 19.1. The quantitative estimate of drug-likeness (QED) is 0.637. The highest BCUT2D eigenvalue weighted by Crippen LogP contribution is 2.46. The number of carbonyl (C=O) groups is 1. The lowest BCUT2D eigenvalue weighted by molar-refractivity contribution is -0.127. The highest BCUT2D eigenvalue weighted by Gasteiger charge is 2.43. The summed E-state index contributed by atoms with van der Waals surface area (Å²) in [7, 11) is 0. The van der Waals surface area contributed by atoms with Crippen molar-refractivity contribution in [2.45, 2.75) is 40.7 Å². The molecule has 1 amide bonds. The monoisotopic (exact) mass is 455 g/mol. The van der Waals surface area contributed by atoms with Gasteiger partial charge in [-0.2, -0.15) is 5.26 Å². The number of hydrogen-bond donors (Lipinski definition) is 1. The largest absolute Gasteiger partial charge is 0.490 e. The Labute approximate surface area is 193 Å². The van der Waals surface area contributed by atoms with Gasteiger partial charge in [0.15, 0.2) is 16.7 Å². The smallest absolute Gasteiger partial charge is 0.254 e. The zero-order chi connectivity index (χ0) is 23.4. The van der Waals surface area contributed by atoms with Crippen LogP contribution in [-0.2, 0) is 4.79 Å². The van der Waals surface area contributed by atoms with Gasteiger partial charge in [0.2, 0.25) is 0 Å². The minimum Gasteiger partial charge on any atom is -0.490 e. The molecule has 8 nitrogen and oxygen atoms in total. The molecule has 0 bridgehead atoms. The Morgan fingerprint density at radius 3 is 2.47 bits per heavy atom. The number of fused-ring (bicyclic) bond motifs is 1. The molecule has 0 aliphatic carbocycles. The van der Waals surface area contributed by atoms with Crippen LogP contribution in [0.3, 0.4) is 0 Å².